The highest BCUT2D eigenvalue weighted by molar-refractivity contribution is 7.45. The van der Waals surface area contributed by atoms with Crippen LogP contribution in [0.15, 0.2) is 67.3 Å². The minimum absolute atomic E-state index is 0.284. The molecule has 3 aromatic rings. The highest BCUT2D eigenvalue weighted by Crippen LogP contribution is 2.25. The summed E-state index contributed by atoms with van der Waals surface area (Å²) < 4.78 is 14.2. The molecule has 0 saturated heterocycles. The Kier molecular flexibility index (Phi) is 9.64. The smallest absolute Gasteiger partial charge is 0.466 e. The first-order chi connectivity index (χ1) is 15.7. The van der Waals surface area contributed by atoms with E-state index in [1.54, 1.807) is 49.1 Å². The van der Waals surface area contributed by atoms with Gasteiger partial charge in [0.1, 0.15) is 5.75 Å². The van der Waals surface area contributed by atoms with E-state index in [1.165, 1.54) is 13.2 Å². The van der Waals surface area contributed by atoms with Crippen molar-refractivity contribution in [2.75, 3.05) is 7.11 Å². The van der Waals surface area contributed by atoms with Gasteiger partial charge in [-0.3, -0.25) is 19.6 Å². The van der Waals surface area contributed by atoms with Crippen LogP contribution in [0, 0.1) is 0 Å². The lowest BCUT2D eigenvalue weighted by Crippen LogP contribution is -2.26. The second kappa shape index (κ2) is 12.4. The van der Waals surface area contributed by atoms with E-state index in [1.807, 2.05) is 12.1 Å². The van der Waals surface area contributed by atoms with Crippen LogP contribution in [0.2, 0.25) is 0 Å². The van der Waals surface area contributed by atoms with Crippen molar-refractivity contribution in [1.29, 1.82) is 0 Å². The van der Waals surface area contributed by atoms with Gasteiger partial charge in [-0.25, -0.2) is 4.57 Å². The number of aromatic nitrogens is 2. The van der Waals surface area contributed by atoms with E-state index >= 15 is 0 Å². The van der Waals surface area contributed by atoms with Crippen molar-refractivity contribution in [3.05, 3.63) is 89.5 Å². The molecule has 0 aliphatic heterocycles. The molecule has 0 atom stereocenters. The molecule has 1 aromatic carbocycles. The summed E-state index contributed by atoms with van der Waals surface area (Å²) in [4.78, 5) is 54.7. The maximum Gasteiger partial charge on any atom is 0.466 e. The van der Waals surface area contributed by atoms with Crippen LogP contribution in [0.25, 0.3) is 0 Å². The number of hydrogen-bond acceptors (Lipinski definition) is 6. The van der Waals surface area contributed by atoms with E-state index in [-0.39, 0.29) is 11.8 Å². The first-order valence-electron chi connectivity index (χ1n) is 9.48. The van der Waals surface area contributed by atoms with Crippen molar-refractivity contribution in [2.45, 2.75) is 13.1 Å². The minimum atomic E-state index is -4.64. The van der Waals surface area contributed by atoms with Crippen molar-refractivity contribution in [1.82, 2.24) is 20.6 Å². The van der Waals surface area contributed by atoms with Crippen LogP contribution in [0.1, 0.15) is 31.8 Å². The largest absolute Gasteiger partial charge is 0.496 e. The summed E-state index contributed by atoms with van der Waals surface area (Å²) in [5.41, 5.74) is 2.43. The molecule has 33 heavy (non-hydrogen) atoms. The molecule has 12 heteroatoms. The SMILES string of the molecule is COc1ccc(C(=O)NCc2cccnc2)cc1C(=O)NCc1cccnc1.O=P(O)(O)O. The zero-order chi connectivity index (χ0) is 24.3. The lowest BCUT2D eigenvalue weighted by Gasteiger charge is -2.12. The molecule has 2 aromatic heterocycles. The lowest BCUT2D eigenvalue weighted by atomic mass is 10.1. The topological polar surface area (TPSA) is 171 Å². The Morgan fingerprint density at radius 2 is 1.42 bits per heavy atom. The molecule has 0 bridgehead atoms. The predicted molar refractivity (Wildman–Crippen MR) is 118 cm³/mol. The molecule has 0 aliphatic carbocycles. The van der Waals surface area contributed by atoms with Gasteiger partial charge in [0, 0.05) is 43.4 Å². The fraction of sp³-hybridized carbons (Fsp3) is 0.143. The Morgan fingerprint density at radius 3 is 1.88 bits per heavy atom. The van der Waals surface area contributed by atoms with Gasteiger partial charge in [0.2, 0.25) is 0 Å². The average Bonchev–Trinajstić information content (AvgIpc) is 2.81. The van der Waals surface area contributed by atoms with Crippen molar-refractivity contribution in [2.24, 2.45) is 0 Å². The Bertz CT molecular complexity index is 1100. The molecule has 0 unspecified atom stereocenters. The van der Waals surface area contributed by atoms with Crippen LogP contribution in [0.5, 0.6) is 5.75 Å². The second-order valence-corrected chi connectivity index (χ2v) is 7.54. The number of methoxy groups -OCH3 is 1. The summed E-state index contributed by atoms with van der Waals surface area (Å²) >= 11 is 0. The summed E-state index contributed by atoms with van der Waals surface area (Å²) in [5, 5.41) is 5.63. The third-order valence-electron chi connectivity index (χ3n) is 4.06. The molecule has 0 saturated carbocycles. The van der Waals surface area contributed by atoms with Crippen LogP contribution in [0.3, 0.4) is 0 Å². The molecule has 0 fully saturated rings. The van der Waals surface area contributed by atoms with Crippen molar-refractivity contribution < 1.29 is 33.6 Å². The molecule has 0 spiro atoms. The molecule has 0 aliphatic rings. The number of pyridine rings is 2. The Hall–Kier alpha value is -3.63. The predicted octanol–water partition coefficient (Wildman–Crippen LogP) is 1.42. The number of nitrogens with zero attached hydrogens (tertiary/aromatic N) is 2. The monoisotopic (exact) mass is 474 g/mol. The molecular weight excluding hydrogens is 451 g/mol. The number of carbonyl (C=O) groups is 2. The van der Waals surface area contributed by atoms with Gasteiger partial charge < -0.3 is 30.1 Å². The maximum atomic E-state index is 12.6. The Labute approximate surface area is 189 Å². The Balaban J connectivity index is 0.000000696. The fourth-order valence-corrected chi connectivity index (χ4v) is 2.59. The number of benzene rings is 1. The summed E-state index contributed by atoms with van der Waals surface area (Å²) in [6, 6.07) is 12.1. The maximum absolute atomic E-state index is 12.6. The molecule has 11 nitrogen and oxygen atoms in total. The van der Waals surface area contributed by atoms with E-state index in [0.717, 1.165) is 11.1 Å². The third kappa shape index (κ3) is 9.58. The van der Waals surface area contributed by atoms with E-state index in [0.29, 0.717) is 30.0 Å². The number of phosphoric acid groups is 1. The molecule has 3 rings (SSSR count). The van der Waals surface area contributed by atoms with Crippen molar-refractivity contribution >= 4 is 19.6 Å². The van der Waals surface area contributed by atoms with Gasteiger partial charge in [-0.2, -0.15) is 0 Å². The first kappa shape index (κ1) is 25.6. The minimum Gasteiger partial charge on any atom is -0.496 e. The van der Waals surface area contributed by atoms with Gasteiger partial charge >= 0.3 is 7.82 Å². The van der Waals surface area contributed by atoms with Gasteiger partial charge in [0.25, 0.3) is 11.8 Å². The third-order valence-corrected chi connectivity index (χ3v) is 4.06. The molecule has 2 heterocycles. The second-order valence-electron chi connectivity index (χ2n) is 6.52. The molecule has 5 N–H and O–H groups in total. The zero-order valence-electron chi connectivity index (χ0n) is 17.6. The van der Waals surface area contributed by atoms with Gasteiger partial charge in [-0.05, 0) is 41.5 Å². The highest BCUT2D eigenvalue weighted by Gasteiger charge is 2.16. The normalized spacial score (nSPS) is 10.4. The van der Waals surface area contributed by atoms with E-state index in [2.05, 4.69) is 20.6 Å². The van der Waals surface area contributed by atoms with Crippen LogP contribution in [-0.4, -0.2) is 43.6 Å². The van der Waals surface area contributed by atoms with Gasteiger partial charge in [-0.15, -0.1) is 0 Å². The summed E-state index contributed by atoms with van der Waals surface area (Å²) in [5.74, 6) is -0.220. The molecule has 0 radical (unpaired) electrons. The van der Waals surface area contributed by atoms with E-state index in [9.17, 15) is 9.59 Å². The number of carbonyl (C=O) groups excluding carboxylic acids is 2. The number of nitrogens with one attached hydrogen (secondary N) is 2. The van der Waals surface area contributed by atoms with Crippen molar-refractivity contribution in [3.8, 4) is 5.75 Å². The summed E-state index contributed by atoms with van der Waals surface area (Å²) in [6.45, 7) is 0.675. The summed E-state index contributed by atoms with van der Waals surface area (Å²) in [6.07, 6.45) is 6.71. The van der Waals surface area contributed by atoms with E-state index < -0.39 is 7.82 Å². The van der Waals surface area contributed by atoms with Gasteiger partial charge in [0.15, 0.2) is 0 Å². The highest BCUT2D eigenvalue weighted by atomic mass is 31.2. The zero-order valence-corrected chi connectivity index (χ0v) is 18.5. The number of hydrogen-bond donors (Lipinski definition) is 5. The van der Waals surface area contributed by atoms with Crippen LogP contribution in [-0.2, 0) is 17.7 Å². The molecule has 174 valence electrons. The number of ether oxygens (including phenoxy) is 1. The summed E-state index contributed by atoms with van der Waals surface area (Å²) in [7, 11) is -3.16. The molecular formula is C21H23N4O7P. The van der Waals surface area contributed by atoms with Crippen LogP contribution < -0.4 is 15.4 Å². The number of rotatable bonds is 7. The van der Waals surface area contributed by atoms with Crippen LogP contribution in [0.4, 0.5) is 0 Å². The van der Waals surface area contributed by atoms with Gasteiger partial charge in [0.05, 0.1) is 12.7 Å². The average molecular weight is 474 g/mol. The number of amides is 2. The van der Waals surface area contributed by atoms with E-state index in [4.69, 9.17) is 24.0 Å². The lowest BCUT2D eigenvalue weighted by molar-refractivity contribution is 0.0947. The molecule has 2 amide bonds. The van der Waals surface area contributed by atoms with Crippen LogP contribution >= 0.6 is 7.82 Å². The van der Waals surface area contributed by atoms with Crippen molar-refractivity contribution in [3.63, 3.8) is 0 Å². The fourth-order valence-electron chi connectivity index (χ4n) is 2.59. The van der Waals surface area contributed by atoms with Gasteiger partial charge in [-0.1, -0.05) is 12.1 Å². The standard InChI is InChI=1S/C21H20N4O3.H3O4P/c1-28-19-7-6-17(20(26)24-13-15-4-2-8-22-11-15)10-18(19)21(27)25-14-16-5-3-9-23-12-16;1-5(2,3)4/h2-12H,13-14H2,1H3,(H,24,26)(H,25,27);(H3,1,2,3,4). The quantitative estimate of drug-likeness (QED) is 0.318. The Morgan fingerprint density at radius 1 is 0.909 bits per heavy atom. The first-order valence-corrected chi connectivity index (χ1v) is 11.0.